The number of methoxy groups -OCH3 is 1. The van der Waals surface area contributed by atoms with Gasteiger partial charge >= 0.3 is 17.8 Å². The maximum Gasteiger partial charge on any atom is 0.347 e. The van der Waals surface area contributed by atoms with E-state index in [4.69, 9.17) is 21.1 Å². The lowest BCUT2D eigenvalue weighted by atomic mass is 10.2. The van der Waals surface area contributed by atoms with Crippen molar-refractivity contribution in [3.8, 4) is 11.5 Å². The largest absolute Gasteiger partial charge is 0.496 e. The van der Waals surface area contributed by atoms with Gasteiger partial charge in [-0.05, 0) is 48.9 Å². The molecule has 0 aliphatic carbocycles. The van der Waals surface area contributed by atoms with Crippen molar-refractivity contribution in [2.45, 2.75) is 6.92 Å². The summed E-state index contributed by atoms with van der Waals surface area (Å²) in [7, 11) is 1.46. The number of benzene rings is 3. The van der Waals surface area contributed by atoms with Crippen LogP contribution in [0.15, 0.2) is 71.8 Å². The van der Waals surface area contributed by atoms with E-state index >= 15 is 0 Å². The van der Waals surface area contributed by atoms with Gasteiger partial charge in [0.25, 0.3) is 0 Å². The number of carbonyl (C=O) groups excluding carboxylic acids is 3. The van der Waals surface area contributed by atoms with Crippen LogP contribution in [-0.2, 0) is 9.59 Å². The molecule has 0 spiro atoms. The molecule has 3 aromatic rings. The summed E-state index contributed by atoms with van der Waals surface area (Å²) in [6, 6.07) is 18.1. The Kier molecular flexibility index (Phi) is 7.77. The number of anilines is 1. The number of hydrazone groups is 1. The minimum absolute atomic E-state index is 0.213. The molecule has 0 aliphatic heterocycles. The molecule has 0 unspecified atom stereocenters. The Bertz CT molecular complexity index is 1230. The summed E-state index contributed by atoms with van der Waals surface area (Å²) < 4.78 is 10.6. The van der Waals surface area contributed by atoms with Crippen molar-refractivity contribution in [3.63, 3.8) is 0 Å². The second-order valence-electron chi connectivity index (χ2n) is 6.74. The average molecular weight is 466 g/mol. The fourth-order valence-corrected chi connectivity index (χ4v) is 2.90. The molecule has 0 heterocycles. The number of rotatable bonds is 6. The molecule has 3 aromatic carbocycles. The van der Waals surface area contributed by atoms with Crippen molar-refractivity contribution in [2.24, 2.45) is 5.10 Å². The topological polar surface area (TPSA) is 106 Å². The molecular weight excluding hydrogens is 446 g/mol. The van der Waals surface area contributed by atoms with E-state index in [9.17, 15) is 14.4 Å². The Morgan fingerprint density at radius 2 is 1.64 bits per heavy atom. The predicted octanol–water partition coefficient (Wildman–Crippen LogP) is 3.97. The second kappa shape index (κ2) is 10.9. The van der Waals surface area contributed by atoms with Crippen molar-refractivity contribution >= 4 is 41.3 Å². The van der Waals surface area contributed by atoms with E-state index < -0.39 is 17.8 Å². The van der Waals surface area contributed by atoms with E-state index in [1.807, 2.05) is 6.92 Å². The molecule has 0 bridgehead atoms. The van der Waals surface area contributed by atoms with E-state index in [-0.39, 0.29) is 11.3 Å². The summed E-state index contributed by atoms with van der Waals surface area (Å²) in [5.74, 6) is -1.92. The smallest absolute Gasteiger partial charge is 0.347 e. The van der Waals surface area contributed by atoms with Crippen LogP contribution in [0.4, 0.5) is 5.69 Å². The predicted molar refractivity (Wildman–Crippen MR) is 125 cm³/mol. The number of para-hydroxylation sites is 2. The van der Waals surface area contributed by atoms with Crippen LogP contribution in [0.3, 0.4) is 0 Å². The number of nitrogens with zero attached hydrogens (tertiary/aromatic N) is 1. The zero-order chi connectivity index (χ0) is 23.8. The van der Waals surface area contributed by atoms with Gasteiger partial charge in [0.2, 0.25) is 0 Å². The minimum Gasteiger partial charge on any atom is -0.496 e. The van der Waals surface area contributed by atoms with Crippen LogP contribution in [0.2, 0.25) is 5.02 Å². The number of hydrogen-bond acceptors (Lipinski definition) is 6. The Hall–Kier alpha value is -4.17. The Balaban J connectivity index is 1.64. The number of ether oxygens (including phenoxy) is 2. The van der Waals surface area contributed by atoms with Gasteiger partial charge in [-0.3, -0.25) is 9.59 Å². The fourth-order valence-electron chi connectivity index (χ4n) is 2.72. The van der Waals surface area contributed by atoms with Crippen molar-refractivity contribution < 1.29 is 23.9 Å². The molecule has 0 saturated heterocycles. The van der Waals surface area contributed by atoms with Gasteiger partial charge in [-0.25, -0.2) is 10.2 Å². The summed E-state index contributed by atoms with van der Waals surface area (Å²) in [6.07, 6.45) is 1.26. The molecule has 0 aromatic heterocycles. The van der Waals surface area contributed by atoms with Gasteiger partial charge in [0.15, 0.2) is 0 Å². The average Bonchev–Trinajstić information content (AvgIpc) is 2.82. The molecule has 3 rings (SSSR count). The van der Waals surface area contributed by atoms with Gasteiger partial charge in [-0.2, -0.15) is 5.10 Å². The van der Waals surface area contributed by atoms with E-state index in [1.54, 1.807) is 60.7 Å². The van der Waals surface area contributed by atoms with Crippen molar-refractivity contribution in [2.75, 3.05) is 12.4 Å². The summed E-state index contributed by atoms with van der Waals surface area (Å²) in [5, 5.41) is 6.68. The molecule has 0 saturated carbocycles. The lowest BCUT2D eigenvalue weighted by Gasteiger charge is -2.10. The number of esters is 1. The minimum atomic E-state index is -0.980. The first-order valence-electron chi connectivity index (χ1n) is 9.74. The van der Waals surface area contributed by atoms with Gasteiger partial charge < -0.3 is 14.8 Å². The Morgan fingerprint density at radius 3 is 2.36 bits per heavy atom. The highest BCUT2D eigenvalue weighted by Crippen LogP contribution is 2.22. The Labute approximate surface area is 195 Å². The summed E-state index contributed by atoms with van der Waals surface area (Å²) in [5.41, 5.74) is 4.02. The summed E-state index contributed by atoms with van der Waals surface area (Å²) in [4.78, 5) is 36.7. The molecule has 2 amide bonds. The van der Waals surface area contributed by atoms with E-state index in [0.29, 0.717) is 22.0 Å². The molecule has 0 aliphatic rings. The monoisotopic (exact) mass is 465 g/mol. The number of aryl methyl sites for hydroxylation is 1. The van der Waals surface area contributed by atoms with Crippen LogP contribution in [0.5, 0.6) is 11.5 Å². The zero-order valence-electron chi connectivity index (χ0n) is 17.8. The zero-order valence-corrected chi connectivity index (χ0v) is 18.6. The molecule has 9 heteroatoms. The van der Waals surface area contributed by atoms with Gasteiger partial charge in [0.05, 0.1) is 13.3 Å². The van der Waals surface area contributed by atoms with Gasteiger partial charge in [0, 0.05) is 16.3 Å². The number of carbonyl (C=O) groups is 3. The van der Waals surface area contributed by atoms with Gasteiger partial charge in [0.1, 0.15) is 17.1 Å². The van der Waals surface area contributed by atoms with Gasteiger partial charge in [-0.1, -0.05) is 41.9 Å². The van der Waals surface area contributed by atoms with Crippen molar-refractivity contribution in [1.82, 2.24) is 5.43 Å². The number of amides is 2. The van der Waals surface area contributed by atoms with Crippen LogP contribution < -0.4 is 20.2 Å². The highest BCUT2D eigenvalue weighted by Gasteiger charge is 2.16. The molecule has 168 valence electrons. The molecule has 0 atom stereocenters. The first-order valence-corrected chi connectivity index (χ1v) is 10.1. The maximum absolute atomic E-state index is 12.6. The van der Waals surface area contributed by atoms with Crippen LogP contribution in [0, 0.1) is 6.92 Å². The molecule has 0 fully saturated rings. The third-order valence-electron chi connectivity index (χ3n) is 4.45. The number of hydrogen-bond donors (Lipinski definition) is 2. The molecular formula is C24H20ClN3O5. The van der Waals surface area contributed by atoms with Crippen molar-refractivity contribution in [1.29, 1.82) is 0 Å². The molecule has 2 N–H and O–H groups in total. The fraction of sp³-hybridized carbons (Fsp3) is 0.0833. The molecule has 33 heavy (non-hydrogen) atoms. The highest BCUT2D eigenvalue weighted by molar-refractivity contribution is 6.39. The van der Waals surface area contributed by atoms with Gasteiger partial charge in [-0.15, -0.1) is 0 Å². The summed E-state index contributed by atoms with van der Waals surface area (Å²) >= 11 is 6.02. The van der Waals surface area contributed by atoms with Crippen LogP contribution in [0.25, 0.3) is 0 Å². The van der Waals surface area contributed by atoms with Crippen molar-refractivity contribution in [3.05, 3.63) is 88.4 Å². The van der Waals surface area contributed by atoms with Crippen LogP contribution in [-0.4, -0.2) is 31.1 Å². The maximum atomic E-state index is 12.6. The van der Waals surface area contributed by atoms with E-state index in [1.165, 1.54) is 19.4 Å². The molecule has 8 nitrogen and oxygen atoms in total. The van der Waals surface area contributed by atoms with E-state index in [0.717, 1.165) is 5.56 Å². The third-order valence-corrected chi connectivity index (χ3v) is 4.86. The quantitative estimate of drug-likeness (QED) is 0.188. The van der Waals surface area contributed by atoms with Crippen LogP contribution in [0.1, 0.15) is 21.5 Å². The number of halogens is 1. The number of nitrogens with one attached hydrogen (secondary N) is 2. The van der Waals surface area contributed by atoms with E-state index in [2.05, 4.69) is 15.8 Å². The lowest BCUT2D eigenvalue weighted by molar-refractivity contribution is -0.136. The third kappa shape index (κ3) is 6.18. The summed E-state index contributed by atoms with van der Waals surface area (Å²) in [6.45, 7) is 1.82. The molecule has 0 radical (unpaired) electrons. The lowest BCUT2D eigenvalue weighted by Crippen LogP contribution is -2.32. The first-order chi connectivity index (χ1) is 15.9. The Morgan fingerprint density at radius 1 is 0.939 bits per heavy atom. The highest BCUT2D eigenvalue weighted by atomic mass is 35.5. The van der Waals surface area contributed by atoms with Crippen LogP contribution >= 0.6 is 11.6 Å². The standard InChI is InChI=1S/C24H20ClN3O5/c1-15-11-12-17(13-19(15)25)27-22(29)23(30)28-26-14-16-7-3-5-9-20(16)33-24(31)18-8-4-6-10-21(18)32-2/h3-14H,1-2H3,(H,27,29)(H,28,30)/b26-14+. The second-order valence-corrected chi connectivity index (χ2v) is 7.15. The first kappa shape index (κ1) is 23.5. The normalized spacial score (nSPS) is 10.5. The SMILES string of the molecule is COc1ccccc1C(=O)Oc1ccccc1/C=N/NC(=O)C(=O)Nc1ccc(C)c(Cl)c1.